The third-order valence-corrected chi connectivity index (χ3v) is 2.83. The Balaban J connectivity index is 2.43. The first kappa shape index (κ1) is 15.1. The second-order valence-corrected chi connectivity index (χ2v) is 4.31. The molecule has 0 aliphatic carbocycles. The Kier molecular flexibility index (Phi) is 5.95. The van der Waals surface area contributed by atoms with E-state index in [1.807, 2.05) is 6.92 Å². The molecule has 0 aliphatic rings. The van der Waals surface area contributed by atoms with Gasteiger partial charge in [0.25, 0.3) is 5.69 Å². The Labute approximate surface area is 111 Å². The number of nitrogens with one attached hydrogen (secondary N) is 1. The molecule has 0 spiro atoms. The van der Waals surface area contributed by atoms with E-state index in [-0.39, 0.29) is 5.69 Å². The summed E-state index contributed by atoms with van der Waals surface area (Å²) in [7, 11) is 0. The lowest BCUT2D eigenvalue weighted by atomic mass is 10.1. The number of non-ortho nitro benzene ring substituents is 1. The maximum Gasteiger partial charge on any atom is 0.320 e. The SMILES string of the molecule is CCCC(NCCc1ccc([N+](=O)[O-])cc1)C(=O)O. The van der Waals surface area contributed by atoms with Crippen LogP contribution in [0.1, 0.15) is 25.3 Å². The molecule has 1 rings (SSSR count). The number of aliphatic carboxylic acids is 1. The Hall–Kier alpha value is -1.95. The van der Waals surface area contributed by atoms with Crippen molar-refractivity contribution in [2.24, 2.45) is 0 Å². The summed E-state index contributed by atoms with van der Waals surface area (Å²) in [6.07, 6.45) is 2.04. The number of carboxylic acids is 1. The summed E-state index contributed by atoms with van der Waals surface area (Å²) in [5.74, 6) is -0.842. The van der Waals surface area contributed by atoms with Crippen molar-refractivity contribution in [2.75, 3.05) is 6.54 Å². The van der Waals surface area contributed by atoms with E-state index in [2.05, 4.69) is 5.32 Å². The minimum absolute atomic E-state index is 0.0612. The number of nitro groups is 1. The lowest BCUT2D eigenvalue weighted by Gasteiger charge is -2.13. The van der Waals surface area contributed by atoms with Crippen molar-refractivity contribution < 1.29 is 14.8 Å². The zero-order valence-corrected chi connectivity index (χ0v) is 10.8. The minimum atomic E-state index is -0.842. The van der Waals surface area contributed by atoms with Gasteiger partial charge in [0.15, 0.2) is 0 Å². The predicted molar refractivity (Wildman–Crippen MR) is 71.1 cm³/mol. The summed E-state index contributed by atoms with van der Waals surface area (Å²) in [6, 6.07) is 5.76. The predicted octanol–water partition coefficient (Wildman–Crippen LogP) is 1.98. The van der Waals surface area contributed by atoms with E-state index in [4.69, 9.17) is 5.11 Å². The average Bonchev–Trinajstić information content (AvgIpc) is 2.38. The highest BCUT2D eigenvalue weighted by Crippen LogP contribution is 2.12. The van der Waals surface area contributed by atoms with Crippen molar-refractivity contribution in [3.63, 3.8) is 0 Å². The molecule has 1 unspecified atom stereocenters. The molecule has 19 heavy (non-hydrogen) atoms. The number of benzene rings is 1. The smallest absolute Gasteiger partial charge is 0.320 e. The molecule has 0 heterocycles. The summed E-state index contributed by atoms with van der Waals surface area (Å²) in [4.78, 5) is 21.0. The van der Waals surface area contributed by atoms with Gasteiger partial charge in [-0.25, -0.2) is 0 Å². The van der Waals surface area contributed by atoms with Crippen LogP contribution in [0.3, 0.4) is 0 Å². The molecule has 0 fully saturated rings. The summed E-state index contributed by atoms with van der Waals surface area (Å²) < 4.78 is 0. The van der Waals surface area contributed by atoms with Gasteiger partial charge in [0.2, 0.25) is 0 Å². The number of hydrogen-bond acceptors (Lipinski definition) is 4. The second-order valence-electron chi connectivity index (χ2n) is 4.31. The largest absolute Gasteiger partial charge is 0.480 e. The molecule has 6 heteroatoms. The molecule has 0 radical (unpaired) electrons. The molecule has 0 amide bonds. The molecule has 6 nitrogen and oxygen atoms in total. The number of nitrogens with zero attached hydrogens (tertiary/aromatic N) is 1. The second kappa shape index (κ2) is 7.48. The summed E-state index contributed by atoms with van der Waals surface area (Å²) in [6.45, 7) is 2.47. The Morgan fingerprint density at radius 1 is 1.42 bits per heavy atom. The minimum Gasteiger partial charge on any atom is -0.480 e. The topological polar surface area (TPSA) is 92.5 Å². The highest BCUT2D eigenvalue weighted by atomic mass is 16.6. The molecule has 0 saturated carbocycles. The number of hydrogen-bond donors (Lipinski definition) is 2. The summed E-state index contributed by atoms with van der Waals surface area (Å²) in [5.41, 5.74) is 1.00. The molecular weight excluding hydrogens is 248 g/mol. The van der Waals surface area contributed by atoms with E-state index in [1.54, 1.807) is 12.1 Å². The first-order valence-electron chi connectivity index (χ1n) is 6.24. The third kappa shape index (κ3) is 5.05. The molecule has 0 bridgehead atoms. The Bertz CT molecular complexity index is 431. The fourth-order valence-corrected chi connectivity index (χ4v) is 1.78. The molecule has 1 atom stereocenters. The van der Waals surface area contributed by atoms with E-state index < -0.39 is 16.9 Å². The van der Waals surface area contributed by atoms with Gasteiger partial charge in [0.05, 0.1) is 4.92 Å². The Morgan fingerprint density at radius 2 is 2.05 bits per heavy atom. The van der Waals surface area contributed by atoms with E-state index in [0.29, 0.717) is 19.4 Å². The van der Waals surface area contributed by atoms with Gasteiger partial charge in [0.1, 0.15) is 6.04 Å². The highest BCUT2D eigenvalue weighted by Gasteiger charge is 2.14. The van der Waals surface area contributed by atoms with Gasteiger partial charge in [-0.1, -0.05) is 25.5 Å². The van der Waals surface area contributed by atoms with Gasteiger partial charge < -0.3 is 10.4 Å². The van der Waals surface area contributed by atoms with Crippen LogP contribution < -0.4 is 5.32 Å². The maximum atomic E-state index is 10.9. The van der Waals surface area contributed by atoms with Crippen LogP contribution in [-0.4, -0.2) is 28.6 Å². The maximum absolute atomic E-state index is 10.9. The molecule has 1 aromatic rings. The number of carboxylic acid groups (broad SMARTS) is 1. The van der Waals surface area contributed by atoms with Gasteiger partial charge in [-0.05, 0) is 24.9 Å². The fraction of sp³-hybridized carbons (Fsp3) is 0.462. The van der Waals surface area contributed by atoms with Crippen molar-refractivity contribution in [3.8, 4) is 0 Å². The fourth-order valence-electron chi connectivity index (χ4n) is 1.78. The van der Waals surface area contributed by atoms with Crippen molar-refractivity contribution in [1.29, 1.82) is 0 Å². The lowest BCUT2D eigenvalue weighted by molar-refractivity contribution is -0.384. The van der Waals surface area contributed by atoms with E-state index >= 15 is 0 Å². The first-order valence-corrected chi connectivity index (χ1v) is 6.24. The van der Waals surface area contributed by atoms with Gasteiger partial charge in [0, 0.05) is 12.1 Å². The van der Waals surface area contributed by atoms with Gasteiger partial charge in [-0.3, -0.25) is 14.9 Å². The van der Waals surface area contributed by atoms with Crippen LogP contribution in [0.2, 0.25) is 0 Å². The number of rotatable bonds is 8. The summed E-state index contributed by atoms with van der Waals surface area (Å²) in [5, 5.41) is 22.4. The first-order chi connectivity index (χ1) is 9.04. The zero-order chi connectivity index (χ0) is 14.3. The van der Waals surface area contributed by atoms with Gasteiger partial charge >= 0.3 is 5.97 Å². The highest BCUT2D eigenvalue weighted by molar-refractivity contribution is 5.73. The molecular formula is C13H18N2O4. The molecule has 2 N–H and O–H groups in total. The van der Waals surface area contributed by atoms with Crippen molar-refractivity contribution in [2.45, 2.75) is 32.2 Å². The molecule has 0 aliphatic heterocycles. The van der Waals surface area contributed by atoms with Crippen molar-refractivity contribution in [3.05, 3.63) is 39.9 Å². The molecule has 0 aromatic heterocycles. The number of nitro benzene ring substituents is 1. The quantitative estimate of drug-likeness (QED) is 0.554. The van der Waals surface area contributed by atoms with E-state index in [9.17, 15) is 14.9 Å². The van der Waals surface area contributed by atoms with E-state index in [0.717, 1.165) is 12.0 Å². The van der Waals surface area contributed by atoms with Crippen LogP contribution in [0.5, 0.6) is 0 Å². The van der Waals surface area contributed by atoms with Crippen LogP contribution in [0, 0.1) is 10.1 Å². The van der Waals surface area contributed by atoms with Crippen LogP contribution in [0.15, 0.2) is 24.3 Å². The molecule has 1 aromatic carbocycles. The van der Waals surface area contributed by atoms with E-state index in [1.165, 1.54) is 12.1 Å². The average molecular weight is 266 g/mol. The van der Waals surface area contributed by atoms with Crippen LogP contribution in [0.4, 0.5) is 5.69 Å². The monoisotopic (exact) mass is 266 g/mol. The lowest BCUT2D eigenvalue weighted by Crippen LogP contribution is -2.37. The molecule has 104 valence electrons. The van der Waals surface area contributed by atoms with Crippen molar-refractivity contribution in [1.82, 2.24) is 5.32 Å². The standard InChI is InChI=1S/C13H18N2O4/c1-2-3-12(13(16)17)14-9-8-10-4-6-11(7-5-10)15(18)19/h4-7,12,14H,2-3,8-9H2,1H3,(H,16,17). The van der Waals surface area contributed by atoms with Crippen LogP contribution in [-0.2, 0) is 11.2 Å². The van der Waals surface area contributed by atoms with Crippen molar-refractivity contribution >= 4 is 11.7 Å². The summed E-state index contributed by atoms with van der Waals surface area (Å²) >= 11 is 0. The number of carbonyl (C=O) groups is 1. The zero-order valence-electron chi connectivity index (χ0n) is 10.8. The Morgan fingerprint density at radius 3 is 2.53 bits per heavy atom. The normalized spacial score (nSPS) is 12.1. The van der Waals surface area contributed by atoms with Gasteiger partial charge in [-0.15, -0.1) is 0 Å². The molecule has 0 saturated heterocycles. The van der Waals surface area contributed by atoms with Crippen LogP contribution in [0.25, 0.3) is 0 Å². The van der Waals surface area contributed by atoms with Gasteiger partial charge in [-0.2, -0.15) is 0 Å². The van der Waals surface area contributed by atoms with Crippen LogP contribution >= 0.6 is 0 Å². The third-order valence-electron chi connectivity index (χ3n) is 2.83.